The van der Waals surface area contributed by atoms with Gasteiger partial charge >= 0.3 is 0 Å². The largest absolute Gasteiger partial charge is 0.396 e. The van der Waals surface area contributed by atoms with E-state index in [0.29, 0.717) is 18.6 Å². The molecule has 0 aromatic carbocycles. The van der Waals surface area contributed by atoms with Crippen LogP contribution in [0.5, 0.6) is 0 Å². The number of nitriles is 1. The van der Waals surface area contributed by atoms with Gasteiger partial charge in [-0.2, -0.15) is 5.26 Å². The molecule has 0 radical (unpaired) electrons. The van der Waals surface area contributed by atoms with Crippen LogP contribution in [0.25, 0.3) is 0 Å². The van der Waals surface area contributed by atoms with Gasteiger partial charge in [-0.25, -0.2) is 0 Å². The van der Waals surface area contributed by atoms with Gasteiger partial charge in [-0.1, -0.05) is 0 Å². The molecule has 104 valence electrons. The van der Waals surface area contributed by atoms with Gasteiger partial charge in [0.15, 0.2) is 0 Å². The number of aliphatic hydroxyl groups excluding tert-OH is 1. The zero-order valence-corrected chi connectivity index (χ0v) is 11.8. The highest BCUT2D eigenvalue weighted by Gasteiger charge is 2.21. The van der Waals surface area contributed by atoms with E-state index < -0.39 is 0 Å². The fraction of sp³-hybridized carbons (Fsp3) is 0.933. The maximum atomic E-state index is 9.06. The van der Waals surface area contributed by atoms with Gasteiger partial charge in [-0.05, 0) is 64.7 Å². The lowest BCUT2D eigenvalue weighted by Gasteiger charge is -2.27. The summed E-state index contributed by atoms with van der Waals surface area (Å²) in [6.07, 6.45) is 7.84. The number of nitrogens with zero attached hydrogens (tertiary/aromatic N) is 1. The third-order valence-corrected chi connectivity index (χ3v) is 3.90. The van der Waals surface area contributed by atoms with Crippen LogP contribution in [-0.2, 0) is 4.74 Å². The first kappa shape index (κ1) is 15.5. The molecule has 0 aromatic heterocycles. The highest BCUT2D eigenvalue weighted by Crippen LogP contribution is 2.26. The van der Waals surface area contributed by atoms with Crippen LogP contribution in [-0.4, -0.2) is 24.4 Å². The summed E-state index contributed by atoms with van der Waals surface area (Å²) >= 11 is 0. The van der Waals surface area contributed by atoms with Gasteiger partial charge in [0, 0.05) is 13.2 Å². The Balaban J connectivity index is 2.01. The van der Waals surface area contributed by atoms with E-state index in [4.69, 9.17) is 15.1 Å². The molecule has 1 aliphatic rings. The quantitative estimate of drug-likeness (QED) is 0.708. The van der Waals surface area contributed by atoms with E-state index in [1.54, 1.807) is 0 Å². The highest BCUT2D eigenvalue weighted by molar-refractivity contribution is 4.91. The fourth-order valence-electron chi connectivity index (χ4n) is 2.46. The van der Waals surface area contributed by atoms with Gasteiger partial charge in [0.2, 0.25) is 0 Å². The molecule has 1 saturated carbocycles. The van der Waals surface area contributed by atoms with Gasteiger partial charge in [-0.15, -0.1) is 0 Å². The molecule has 0 unspecified atom stereocenters. The maximum absolute atomic E-state index is 9.06. The smallest absolute Gasteiger partial charge is 0.0683 e. The zero-order valence-electron chi connectivity index (χ0n) is 11.8. The Labute approximate surface area is 111 Å². The van der Waals surface area contributed by atoms with Crippen molar-refractivity contribution in [1.82, 2.24) is 0 Å². The molecule has 1 N–H and O–H groups in total. The first-order valence-electron chi connectivity index (χ1n) is 7.21. The van der Waals surface area contributed by atoms with Crippen LogP contribution in [0, 0.1) is 22.7 Å². The van der Waals surface area contributed by atoms with E-state index >= 15 is 0 Å². The molecule has 0 saturated heterocycles. The predicted octanol–water partition coefficient (Wildman–Crippen LogP) is 3.27. The van der Waals surface area contributed by atoms with E-state index in [2.05, 4.69) is 6.07 Å². The van der Waals surface area contributed by atoms with Gasteiger partial charge in [-0.3, -0.25) is 0 Å². The molecule has 0 bridgehead atoms. The zero-order chi connectivity index (χ0) is 13.4. The van der Waals surface area contributed by atoms with E-state index in [1.807, 2.05) is 13.8 Å². The lowest BCUT2D eigenvalue weighted by molar-refractivity contribution is 0.00924. The van der Waals surface area contributed by atoms with Crippen molar-refractivity contribution < 1.29 is 9.84 Å². The Hall–Kier alpha value is -0.590. The summed E-state index contributed by atoms with van der Waals surface area (Å²) in [4.78, 5) is 0. The number of hydrogen-bond acceptors (Lipinski definition) is 3. The lowest BCUT2D eigenvalue weighted by atomic mass is 9.88. The van der Waals surface area contributed by atoms with Gasteiger partial charge in [0.25, 0.3) is 0 Å². The summed E-state index contributed by atoms with van der Waals surface area (Å²) < 4.78 is 5.86. The second kappa shape index (κ2) is 7.76. The minimum Gasteiger partial charge on any atom is -0.396 e. The molecule has 0 aromatic rings. The van der Waals surface area contributed by atoms with E-state index in [9.17, 15) is 0 Å². The van der Waals surface area contributed by atoms with Crippen molar-refractivity contribution in [2.45, 2.75) is 64.9 Å². The average Bonchev–Trinajstić information content (AvgIpc) is 2.39. The number of hydrogen-bond donors (Lipinski definition) is 1. The molecule has 3 heteroatoms. The third-order valence-electron chi connectivity index (χ3n) is 3.90. The molecule has 0 amide bonds. The standard InChI is InChI=1S/C15H27NO2/c1-15(2,12-16)9-3-4-10-18-14-7-5-13(11-17)6-8-14/h13-14,17H,3-11H2,1-2H3. The molecule has 0 heterocycles. The van der Waals surface area contributed by atoms with Crippen molar-refractivity contribution in [2.24, 2.45) is 11.3 Å². The second-order valence-electron chi connectivity index (χ2n) is 6.15. The first-order chi connectivity index (χ1) is 8.57. The molecule has 0 spiro atoms. The van der Waals surface area contributed by atoms with Crippen LogP contribution in [0.2, 0.25) is 0 Å². The van der Waals surface area contributed by atoms with Crippen LogP contribution in [0.15, 0.2) is 0 Å². The molecule has 1 rings (SSSR count). The second-order valence-corrected chi connectivity index (χ2v) is 6.15. The van der Waals surface area contributed by atoms with E-state index in [-0.39, 0.29) is 5.41 Å². The Bertz CT molecular complexity index is 262. The molecule has 1 fully saturated rings. The number of rotatable bonds is 7. The Morgan fingerprint density at radius 1 is 1.22 bits per heavy atom. The van der Waals surface area contributed by atoms with Gasteiger partial charge in [0.05, 0.1) is 17.6 Å². The average molecular weight is 253 g/mol. The third kappa shape index (κ3) is 5.84. The normalized spacial score (nSPS) is 24.8. The van der Waals surface area contributed by atoms with Crippen molar-refractivity contribution >= 4 is 0 Å². The number of unbranched alkanes of at least 4 members (excludes halogenated alkanes) is 1. The van der Waals surface area contributed by atoms with Crippen LogP contribution in [0.4, 0.5) is 0 Å². The highest BCUT2D eigenvalue weighted by atomic mass is 16.5. The Kier molecular flexibility index (Phi) is 6.67. The van der Waals surface area contributed by atoms with Crippen LogP contribution in [0.1, 0.15) is 58.8 Å². The van der Waals surface area contributed by atoms with Crippen molar-refractivity contribution in [2.75, 3.05) is 13.2 Å². The van der Waals surface area contributed by atoms with Crippen molar-refractivity contribution in [3.63, 3.8) is 0 Å². The number of ether oxygens (including phenoxy) is 1. The van der Waals surface area contributed by atoms with E-state index in [1.165, 1.54) is 0 Å². The van der Waals surface area contributed by atoms with E-state index in [0.717, 1.165) is 51.6 Å². The van der Waals surface area contributed by atoms with Crippen molar-refractivity contribution in [1.29, 1.82) is 5.26 Å². The maximum Gasteiger partial charge on any atom is 0.0683 e. The summed E-state index contributed by atoms with van der Waals surface area (Å²) in [7, 11) is 0. The summed E-state index contributed by atoms with van der Waals surface area (Å²) in [5, 5.41) is 18.0. The Morgan fingerprint density at radius 3 is 2.44 bits per heavy atom. The molecule has 0 atom stereocenters. The fourth-order valence-corrected chi connectivity index (χ4v) is 2.46. The minimum absolute atomic E-state index is 0.195. The van der Waals surface area contributed by atoms with Crippen LogP contribution >= 0.6 is 0 Å². The molecule has 18 heavy (non-hydrogen) atoms. The molecule has 0 aliphatic heterocycles. The van der Waals surface area contributed by atoms with Crippen molar-refractivity contribution in [3.05, 3.63) is 0 Å². The number of aliphatic hydroxyl groups is 1. The SMILES string of the molecule is CC(C)(C#N)CCCCOC1CCC(CO)CC1. The lowest BCUT2D eigenvalue weighted by Crippen LogP contribution is -2.23. The topological polar surface area (TPSA) is 53.2 Å². The predicted molar refractivity (Wildman–Crippen MR) is 72.0 cm³/mol. The minimum atomic E-state index is -0.195. The van der Waals surface area contributed by atoms with Crippen LogP contribution in [0.3, 0.4) is 0 Å². The molecule has 3 nitrogen and oxygen atoms in total. The summed E-state index contributed by atoms with van der Waals surface area (Å²) in [6, 6.07) is 2.33. The van der Waals surface area contributed by atoms with Gasteiger partial charge in [0.1, 0.15) is 0 Å². The molecular formula is C15H27NO2. The summed E-state index contributed by atoms with van der Waals surface area (Å²) in [5.41, 5.74) is -0.195. The Morgan fingerprint density at radius 2 is 1.89 bits per heavy atom. The van der Waals surface area contributed by atoms with Gasteiger partial charge < -0.3 is 9.84 Å². The monoisotopic (exact) mass is 253 g/mol. The molecular weight excluding hydrogens is 226 g/mol. The first-order valence-corrected chi connectivity index (χ1v) is 7.21. The van der Waals surface area contributed by atoms with Crippen molar-refractivity contribution in [3.8, 4) is 6.07 Å². The summed E-state index contributed by atoms with van der Waals surface area (Å²) in [6.45, 7) is 5.12. The molecule has 1 aliphatic carbocycles. The van der Waals surface area contributed by atoms with Crippen LogP contribution < -0.4 is 0 Å². The summed E-state index contributed by atoms with van der Waals surface area (Å²) in [5.74, 6) is 0.501.